The summed E-state index contributed by atoms with van der Waals surface area (Å²) in [6.45, 7) is 0. The van der Waals surface area contributed by atoms with Crippen molar-refractivity contribution >= 4 is 22.5 Å². The SMILES string of the molecule is COc1ccc(-c2cc(C(=O)Nc3ccccc3C(F)(F)F)c3ccccc3n2)c(OC)c1. The second kappa shape index (κ2) is 8.82. The van der Waals surface area contributed by atoms with Crippen LogP contribution in [0.25, 0.3) is 22.2 Å². The second-order valence-corrected chi connectivity index (χ2v) is 7.14. The maximum absolute atomic E-state index is 13.4. The van der Waals surface area contributed by atoms with E-state index in [-0.39, 0.29) is 11.3 Å². The van der Waals surface area contributed by atoms with Crippen molar-refractivity contribution in [2.45, 2.75) is 6.18 Å². The third-order valence-electron chi connectivity index (χ3n) is 5.13. The van der Waals surface area contributed by atoms with E-state index in [1.807, 2.05) is 0 Å². The summed E-state index contributed by atoms with van der Waals surface area (Å²) in [6.07, 6.45) is -4.61. The van der Waals surface area contributed by atoms with E-state index in [4.69, 9.17) is 9.47 Å². The topological polar surface area (TPSA) is 60.5 Å². The van der Waals surface area contributed by atoms with Crippen molar-refractivity contribution in [3.63, 3.8) is 0 Å². The fourth-order valence-corrected chi connectivity index (χ4v) is 3.54. The van der Waals surface area contributed by atoms with Crippen LogP contribution in [0.1, 0.15) is 15.9 Å². The number of alkyl halides is 3. The number of nitrogens with one attached hydrogen (secondary N) is 1. The second-order valence-electron chi connectivity index (χ2n) is 7.14. The predicted octanol–water partition coefficient (Wildman–Crippen LogP) is 6.19. The fraction of sp³-hybridized carbons (Fsp3) is 0.120. The van der Waals surface area contributed by atoms with E-state index < -0.39 is 17.6 Å². The zero-order valence-corrected chi connectivity index (χ0v) is 17.7. The number of halogens is 3. The summed E-state index contributed by atoms with van der Waals surface area (Å²) < 4.78 is 50.9. The number of rotatable bonds is 5. The van der Waals surface area contributed by atoms with Crippen LogP contribution >= 0.6 is 0 Å². The summed E-state index contributed by atoms with van der Waals surface area (Å²) in [5.41, 5.74) is 0.497. The van der Waals surface area contributed by atoms with Crippen LogP contribution in [-0.2, 0) is 6.18 Å². The van der Waals surface area contributed by atoms with Crippen molar-refractivity contribution in [1.82, 2.24) is 4.98 Å². The molecule has 5 nitrogen and oxygen atoms in total. The van der Waals surface area contributed by atoms with Crippen molar-refractivity contribution in [3.8, 4) is 22.8 Å². The van der Waals surface area contributed by atoms with E-state index in [0.29, 0.717) is 33.7 Å². The Bertz CT molecular complexity index is 1340. The van der Waals surface area contributed by atoms with Gasteiger partial charge in [0, 0.05) is 17.0 Å². The minimum absolute atomic E-state index is 0.186. The molecule has 8 heteroatoms. The van der Waals surface area contributed by atoms with Gasteiger partial charge in [0.05, 0.1) is 42.2 Å². The molecule has 0 aliphatic rings. The predicted molar refractivity (Wildman–Crippen MR) is 120 cm³/mol. The standard InChI is InChI=1S/C25H19F3N2O3/c1-32-15-11-12-17(23(13-15)33-2)22-14-18(16-7-3-5-9-20(16)29-22)24(31)30-21-10-6-4-8-19(21)25(26,27)28/h3-14H,1-2H3,(H,30,31). The Morgan fingerprint density at radius 3 is 2.36 bits per heavy atom. The fourth-order valence-electron chi connectivity index (χ4n) is 3.54. The molecule has 1 N–H and O–H groups in total. The van der Waals surface area contributed by atoms with Gasteiger partial charge in [0.15, 0.2) is 0 Å². The van der Waals surface area contributed by atoms with Gasteiger partial charge in [-0.3, -0.25) is 4.79 Å². The summed E-state index contributed by atoms with van der Waals surface area (Å²) in [5.74, 6) is 0.378. The molecule has 33 heavy (non-hydrogen) atoms. The summed E-state index contributed by atoms with van der Waals surface area (Å²) in [5, 5.41) is 2.92. The molecule has 0 aliphatic carbocycles. The van der Waals surface area contributed by atoms with Gasteiger partial charge in [-0.2, -0.15) is 13.2 Å². The van der Waals surface area contributed by atoms with Gasteiger partial charge in [0.25, 0.3) is 5.91 Å². The van der Waals surface area contributed by atoms with Crippen LogP contribution in [0.3, 0.4) is 0 Å². The van der Waals surface area contributed by atoms with E-state index in [9.17, 15) is 18.0 Å². The molecule has 0 unspecified atom stereocenters. The summed E-state index contributed by atoms with van der Waals surface area (Å²) >= 11 is 0. The molecular formula is C25H19F3N2O3. The molecule has 0 saturated carbocycles. The molecule has 0 spiro atoms. The first-order valence-corrected chi connectivity index (χ1v) is 9.91. The lowest BCUT2D eigenvalue weighted by Gasteiger charge is -2.15. The van der Waals surface area contributed by atoms with Gasteiger partial charge >= 0.3 is 6.18 Å². The Kier molecular flexibility index (Phi) is 5.91. The number of aromatic nitrogens is 1. The van der Waals surface area contributed by atoms with Crippen LogP contribution in [0.5, 0.6) is 11.5 Å². The van der Waals surface area contributed by atoms with Crippen LogP contribution in [-0.4, -0.2) is 25.1 Å². The summed E-state index contributed by atoms with van der Waals surface area (Å²) in [4.78, 5) is 17.8. The lowest BCUT2D eigenvalue weighted by molar-refractivity contribution is -0.136. The first-order chi connectivity index (χ1) is 15.8. The van der Waals surface area contributed by atoms with Gasteiger partial charge in [0.1, 0.15) is 11.5 Å². The normalized spacial score (nSPS) is 11.3. The van der Waals surface area contributed by atoms with Crippen LogP contribution in [0.2, 0.25) is 0 Å². The molecule has 168 valence electrons. The number of pyridine rings is 1. The summed E-state index contributed by atoms with van der Waals surface area (Å²) in [7, 11) is 3.03. The lowest BCUT2D eigenvalue weighted by atomic mass is 10.0. The summed E-state index contributed by atoms with van der Waals surface area (Å²) in [6, 6.07) is 18.5. The third kappa shape index (κ3) is 4.45. The molecule has 1 aromatic heterocycles. The average molecular weight is 452 g/mol. The highest BCUT2D eigenvalue weighted by Gasteiger charge is 2.33. The van der Waals surface area contributed by atoms with Crippen LogP contribution < -0.4 is 14.8 Å². The molecule has 0 aliphatic heterocycles. The van der Waals surface area contributed by atoms with E-state index in [2.05, 4.69) is 10.3 Å². The zero-order valence-electron chi connectivity index (χ0n) is 17.7. The Balaban J connectivity index is 1.83. The van der Waals surface area contributed by atoms with Gasteiger partial charge in [0.2, 0.25) is 0 Å². The molecule has 0 fully saturated rings. The maximum Gasteiger partial charge on any atom is 0.418 e. The van der Waals surface area contributed by atoms with Crippen molar-refractivity contribution in [2.24, 2.45) is 0 Å². The van der Waals surface area contributed by atoms with Crippen LogP contribution in [0.15, 0.2) is 72.8 Å². The quantitative estimate of drug-likeness (QED) is 0.392. The maximum atomic E-state index is 13.4. The Morgan fingerprint density at radius 2 is 1.64 bits per heavy atom. The molecule has 0 bridgehead atoms. The third-order valence-corrected chi connectivity index (χ3v) is 5.13. The molecule has 0 atom stereocenters. The van der Waals surface area contributed by atoms with E-state index in [1.165, 1.54) is 38.5 Å². The number of ether oxygens (including phenoxy) is 2. The molecule has 4 rings (SSSR count). The largest absolute Gasteiger partial charge is 0.497 e. The van der Waals surface area contributed by atoms with Gasteiger partial charge < -0.3 is 14.8 Å². The van der Waals surface area contributed by atoms with E-state index in [0.717, 1.165) is 6.07 Å². The Morgan fingerprint density at radius 1 is 0.909 bits per heavy atom. The number of amides is 1. The smallest absolute Gasteiger partial charge is 0.418 e. The van der Waals surface area contributed by atoms with Crippen molar-refractivity contribution in [3.05, 3.63) is 83.9 Å². The molecular weight excluding hydrogens is 433 g/mol. The minimum Gasteiger partial charge on any atom is -0.497 e. The first kappa shape index (κ1) is 22.1. The van der Waals surface area contributed by atoms with E-state index >= 15 is 0 Å². The Labute approximate surface area is 187 Å². The monoisotopic (exact) mass is 452 g/mol. The number of para-hydroxylation sites is 2. The van der Waals surface area contributed by atoms with Crippen LogP contribution in [0, 0.1) is 0 Å². The number of nitrogens with zero attached hydrogens (tertiary/aromatic N) is 1. The number of fused-ring (bicyclic) bond motifs is 1. The molecule has 0 radical (unpaired) electrons. The van der Waals surface area contributed by atoms with Gasteiger partial charge in [-0.05, 0) is 36.4 Å². The molecule has 1 heterocycles. The zero-order chi connectivity index (χ0) is 23.6. The van der Waals surface area contributed by atoms with Gasteiger partial charge in [-0.25, -0.2) is 4.98 Å². The van der Waals surface area contributed by atoms with Gasteiger partial charge in [-0.1, -0.05) is 30.3 Å². The number of hydrogen-bond donors (Lipinski definition) is 1. The molecule has 1 amide bonds. The molecule has 4 aromatic rings. The molecule has 3 aromatic carbocycles. The minimum atomic E-state index is -4.61. The van der Waals surface area contributed by atoms with Crippen molar-refractivity contribution in [1.29, 1.82) is 0 Å². The van der Waals surface area contributed by atoms with Crippen molar-refractivity contribution in [2.75, 3.05) is 19.5 Å². The van der Waals surface area contributed by atoms with Gasteiger partial charge in [-0.15, -0.1) is 0 Å². The number of benzene rings is 3. The van der Waals surface area contributed by atoms with Crippen molar-refractivity contribution < 1.29 is 27.4 Å². The Hall–Kier alpha value is -4.07. The van der Waals surface area contributed by atoms with Crippen LogP contribution in [0.4, 0.5) is 18.9 Å². The highest BCUT2D eigenvalue weighted by atomic mass is 19.4. The highest BCUT2D eigenvalue weighted by molar-refractivity contribution is 6.13. The number of anilines is 1. The number of methoxy groups -OCH3 is 2. The molecule has 0 saturated heterocycles. The van der Waals surface area contributed by atoms with E-state index in [1.54, 1.807) is 42.5 Å². The first-order valence-electron chi connectivity index (χ1n) is 9.91. The lowest BCUT2D eigenvalue weighted by Crippen LogP contribution is -2.17. The highest BCUT2D eigenvalue weighted by Crippen LogP contribution is 2.36. The number of carbonyl (C=O) groups is 1. The number of carbonyl (C=O) groups excluding carboxylic acids is 1. The number of hydrogen-bond acceptors (Lipinski definition) is 4. The average Bonchev–Trinajstić information content (AvgIpc) is 2.82.